The van der Waals surface area contributed by atoms with Gasteiger partial charge in [0.15, 0.2) is 5.82 Å². The second kappa shape index (κ2) is 6.58. The van der Waals surface area contributed by atoms with Gasteiger partial charge < -0.3 is 9.84 Å². The Kier molecular flexibility index (Phi) is 4.34. The van der Waals surface area contributed by atoms with Crippen LogP contribution in [0.2, 0.25) is 5.02 Å². The van der Waals surface area contributed by atoms with Gasteiger partial charge in [-0.05, 0) is 30.3 Å². The summed E-state index contributed by atoms with van der Waals surface area (Å²) in [5, 5.41) is 6.45. The molecule has 1 aromatic heterocycles. The summed E-state index contributed by atoms with van der Waals surface area (Å²) in [5.41, 5.74) is 0.971. The lowest BCUT2D eigenvalue weighted by Crippen LogP contribution is -2.23. The number of amides is 1. The molecule has 0 bridgehead atoms. The molecule has 1 N–H and O–H groups in total. The summed E-state index contributed by atoms with van der Waals surface area (Å²) in [5.74, 6) is -0.247. The molecule has 0 aliphatic carbocycles. The summed E-state index contributed by atoms with van der Waals surface area (Å²) in [6.07, 6.45) is 0. The molecule has 0 aliphatic heterocycles. The van der Waals surface area contributed by atoms with E-state index >= 15 is 0 Å². The summed E-state index contributed by atoms with van der Waals surface area (Å²) >= 11 is 5.84. The van der Waals surface area contributed by atoms with Gasteiger partial charge in [0.25, 0.3) is 11.8 Å². The molecule has 0 aliphatic rings. The van der Waals surface area contributed by atoms with Crippen molar-refractivity contribution in [2.24, 2.45) is 0 Å². The van der Waals surface area contributed by atoms with Crippen LogP contribution in [0.4, 0.5) is 4.39 Å². The topological polar surface area (TPSA) is 68.0 Å². The minimum Gasteiger partial charge on any atom is -0.345 e. The van der Waals surface area contributed by atoms with Crippen LogP contribution in [0.15, 0.2) is 53.1 Å². The molecule has 0 saturated heterocycles. The standard InChI is InChI=1S/C16H11ClFN3O2/c17-13-8-11(18)6-7-12(13)15(22)19-9-14-20-16(23-21-14)10-4-2-1-3-5-10/h1-8H,9H2,(H,19,22). The number of nitrogens with one attached hydrogen (secondary N) is 1. The zero-order valence-electron chi connectivity index (χ0n) is 11.8. The van der Waals surface area contributed by atoms with Crippen LogP contribution in [-0.4, -0.2) is 16.0 Å². The second-order valence-electron chi connectivity index (χ2n) is 4.69. The Labute approximate surface area is 136 Å². The molecule has 5 nitrogen and oxygen atoms in total. The number of benzene rings is 2. The molecule has 0 spiro atoms. The van der Waals surface area contributed by atoms with Crippen LogP contribution < -0.4 is 5.32 Å². The number of halogens is 2. The normalized spacial score (nSPS) is 10.5. The predicted molar refractivity (Wildman–Crippen MR) is 82.3 cm³/mol. The first-order valence-corrected chi connectivity index (χ1v) is 7.12. The van der Waals surface area contributed by atoms with E-state index in [1.807, 2.05) is 30.3 Å². The van der Waals surface area contributed by atoms with Gasteiger partial charge in [-0.15, -0.1) is 0 Å². The van der Waals surface area contributed by atoms with E-state index in [0.29, 0.717) is 11.7 Å². The zero-order valence-corrected chi connectivity index (χ0v) is 12.5. The number of carbonyl (C=O) groups excluding carboxylic acids is 1. The summed E-state index contributed by atoms with van der Waals surface area (Å²) < 4.78 is 18.1. The van der Waals surface area contributed by atoms with Crippen LogP contribution in [-0.2, 0) is 6.54 Å². The number of rotatable bonds is 4. The number of aromatic nitrogens is 2. The van der Waals surface area contributed by atoms with Crippen molar-refractivity contribution in [3.05, 3.63) is 70.8 Å². The third-order valence-corrected chi connectivity index (χ3v) is 3.38. The molecular formula is C16H11ClFN3O2. The monoisotopic (exact) mass is 331 g/mol. The fourth-order valence-corrected chi connectivity index (χ4v) is 2.20. The molecule has 1 heterocycles. The third-order valence-electron chi connectivity index (χ3n) is 3.07. The van der Waals surface area contributed by atoms with Gasteiger partial charge in [-0.25, -0.2) is 4.39 Å². The maximum Gasteiger partial charge on any atom is 0.257 e. The smallest absolute Gasteiger partial charge is 0.257 e. The Balaban J connectivity index is 1.67. The van der Waals surface area contributed by atoms with Crippen molar-refractivity contribution in [2.75, 3.05) is 0 Å². The van der Waals surface area contributed by atoms with Crippen molar-refractivity contribution in [2.45, 2.75) is 6.54 Å². The highest BCUT2D eigenvalue weighted by Crippen LogP contribution is 2.18. The third kappa shape index (κ3) is 3.54. The molecule has 1 amide bonds. The summed E-state index contributed by atoms with van der Waals surface area (Å²) in [6, 6.07) is 12.9. The van der Waals surface area contributed by atoms with E-state index in [4.69, 9.17) is 16.1 Å². The quantitative estimate of drug-likeness (QED) is 0.795. The van der Waals surface area contributed by atoms with Gasteiger partial charge in [-0.2, -0.15) is 4.98 Å². The number of nitrogens with zero attached hydrogens (tertiary/aromatic N) is 2. The average molecular weight is 332 g/mol. The average Bonchev–Trinajstić information content (AvgIpc) is 3.02. The summed E-state index contributed by atoms with van der Waals surface area (Å²) in [4.78, 5) is 16.2. The minimum absolute atomic E-state index is 0.0422. The van der Waals surface area contributed by atoms with E-state index in [2.05, 4.69) is 15.5 Å². The van der Waals surface area contributed by atoms with Crippen molar-refractivity contribution >= 4 is 17.5 Å². The number of carbonyl (C=O) groups is 1. The molecule has 0 radical (unpaired) electrons. The fourth-order valence-electron chi connectivity index (χ4n) is 1.95. The Hall–Kier alpha value is -2.73. The Morgan fingerprint density at radius 1 is 1.22 bits per heavy atom. The van der Waals surface area contributed by atoms with E-state index in [0.717, 1.165) is 11.6 Å². The maximum atomic E-state index is 13.0. The van der Waals surface area contributed by atoms with E-state index in [-0.39, 0.29) is 17.1 Å². The lowest BCUT2D eigenvalue weighted by atomic mass is 10.2. The molecular weight excluding hydrogens is 321 g/mol. The van der Waals surface area contributed by atoms with Crippen LogP contribution in [0.25, 0.3) is 11.5 Å². The van der Waals surface area contributed by atoms with Crippen molar-refractivity contribution in [1.29, 1.82) is 0 Å². The Morgan fingerprint density at radius 3 is 2.74 bits per heavy atom. The van der Waals surface area contributed by atoms with Gasteiger partial charge in [-0.1, -0.05) is 35.0 Å². The molecule has 0 atom stereocenters. The first kappa shape index (κ1) is 15.2. The summed E-state index contributed by atoms with van der Waals surface area (Å²) in [6.45, 7) is 0.0723. The SMILES string of the molecule is O=C(NCc1noc(-c2ccccc2)n1)c1ccc(F)cc1Cl. The molecule has 2 aromatic carbocycles. The maximum absolute atomic E-state index is 13.0. The first-order chi connectivity index (χ1) is 11.1. The van der Waals surface area contributed by atoms with E-state index in [9.17, 15) is 9.18 Å². The second-order valence-corrected chi connectivity index (χ2v) is 5.10. The molecule has 0 unspecified atom stereocenters. The van der Waals surface area contributed by atoms with Crippen LogP contribution in [0.3, 0.4) is 0 Å². The van der Waals surface area contributed by atoms with Crippen LogP contribution in [0.1, 0.15) is 16.2 Å². The fraction of sp³-hybridized carbons (Fsp3) is 0.0625. The lowest BCUT2D eigenvalue weighted by Gasteiger charge is -2.04. The van der Waals surface area contributed by atoms with Crippen LogP contribution in [0, 0.1) is 5.82 Å². The molecule has 0 fully saturated rings. The molecule has 116 valence electrons. The zero-order chi connectivity index (χ0) is 16.2. The largest absolute Gasteiger partial charge is 0.345 e. The van der Waals surface area contributed by atoms with Crippen molar-refractivity contribution < 1.29 is 13.7 Å². The molecule has 3 rings (SSSR count). The lowest BCUT2D eigenvalue weighted by molar-refractivity contribution is 0.0949. The Bertz CT molecular complexity index is 836. The highest BCUT2D eigenvalue weighted by atomic mass is 35.5. The van der Waals surface area contributed by atoms with Crippen LogP contribution >= 0.6 is 11.6 Å². The first-order valence-electron chi connectivity index (χ1n) is 6.75. The van der Waals surface area contributed by atoms with Gasteiger partial charge in [0, 0.05) is 5.56 Å². The van der Waals surface area contributed by atoms with Crippen molar-refractivity contribution in [3.63, 3.8) is 0 Å². The molecule has 0 saturated carbocycles. The van der Waals surface area contributed by atoms with E-state index in [1.54, 1.807) is 0 Å². The van der Waals surface area contributed by atoms with Gasteiger partial charge in [0.2, 0.25) is 0 Å². The molecule has 3 aromatic rings. The van der Waals surface area contributed by atoms with Gasteiger partial charge >= 0.3 is 0 Å². The molecule has 23 heavy (non-hydrogen) atoms. The van der Waals surface area contributed by atoms with E-state index < -0.39 is 11.7 Å². The van der Waals surface area contributed by atoms with Crippen molar-refractivity contribution in [3.8, 4) is 11.5 Å². The van der Waals surface area contributed by atoms with Crippen molar-refractivity contribution in [1.82, 2.24) is 15.5 Å². The van der Waals surface area contributed by atoms with Gasteiger partial charge in [-0.3, -0.25) is 4.79 Å². The van der Waals surface area contributed by atoms with Gasteiger partial charge in [0.1, 0.15) is 5.82 Å². The predicted octanol–water partition coefficient (Wildman–Crippen LogP) is 3.46. The highest BCUT2D eigenvalue weighted by molar-refractivity contribution is 6.33. The van der Waals surface area contributed by atoms with Gasteiger partial charge in [0.05, 0.1) is 17.1 Å². The van der Waals surface area contributed by atoms with E-state index in [1.165, 1.54) is 12.1 Å². The number of hydrogen-bond donors (Lipinski definition) is 1. The molecule has 7 heteroatoms. The minimum atomic E-state index is -0.503. The highest BCUT2D eigenvalue weighted by Gasteiger charge is 2.13. The Morgan fingerprint density at radius 2 is 2.00 bits per heavy atom. The summed E-state index contributed by atoms with van der Waals surface area (Å²) in [7, 11) is 0. The van der Waals surface area contributed by atoms with Crippen LogP contribution in [0.5, 0.6) is 0 Å². The number of hydrogen-bond acceptors (Lipinski definition) is 4.